The van der Waals surface area contributed by atoms with Gasteiger partial charge < -0.3 is 15.0 Å². The quantitative estimate of drug-likeness (QED) is 0.372. The molecule has 28 heavy (non-hydrogen) atoms. The minimum absolute atomic E-state index is 0.385. The third-order valence-electron chi connectivity index (χ3n) is 4.89. The zero-order valence-corrected chi connectivity index (χ0v) is 15.8. The van der Waals surface area contributed by atoms with E-state index in [1.807, 2.05) is 0 Å². The number of ether oxygens (including phenoxy) is 1. The SMILES string of the molecule is O=C(NCCC[NH+]1CCOCC1)[C@@H](C(=O)c1ccccc1)n1ccccc1=O. The second-order valence-electron chi connectivity index (χ2n) is 6.84. The van der Waals surface area contributed by atoms with Crippen molar-refractivity contribution in [3.8, 4) is 0 Å². The minimum atomic E-state index is -1.22. The van der Waals surface area contributed by atoms with E-state index < -0.39 is 17.7 Å². The number of nitrogens with zero attached hydrogens (tertiary/aromatic N) is 1. The molecule has 0 radical (unpaired) electrons. The van der Waals surface area contributed by atoms with Crippen LogP contribution < -0.4 is 15.8 Å². The van der Waals surface area contributed by atoms with Crippen LogP contribution in [0.15, 0.2) is 59.5 Å². The molecule has 2 aromatic rings. The summed E-state index contributed by atoms with van der Waals surface area (Å²) < 4.78 is 6.54. The van der Waals surface area contributed by atoms with Gasteiger partial charge in [0.25, 0.3) is 11.5 Å². The zero-order valence-electron chi connectivity index (χ0n) is 15.8. The molecule has 1 aliphatic heterocycles. The third-order valence-corrected chi connectivity index (χ3v) is 4.89. The molecule has 0 aliphatic carbocycles. The molecular weight excluding hydrogens is 358 g/mol. The summed E-state index contributed by atoms with van der Waals surface area (Å²) in [7, 11) is 0. The van der Waals surface area contributed by atoms with Crippen molar-refractivity contribution in [2.24, 2.45) is 0 Å². The fourth-order valence-electron chi connectivity index (χ4n) is 3.34. The number of amides is 1. The Hall–Kier alpha value is -2.77. The van der Waals surface area contributed by atoms with Crippen LogP contribution in [-0.4, -0.2) is 55.7 Å². The number of carbonyl (C=O) groups is 2. The van der Waals surface area contributed by atoms with E-state index in [0.29, 0.717) is 12.1 Å². The molecule has 1 aromatic heterocycles. The summed E-state index contributed by atoms with van der Waals surface area (Å²) in [5, 5.41) is 2.83. The van der Waals surface area contributed by atoms with Crippen LogP contribution in [0.4, 0.5) is 0 Å². The molecule has 1 fully saturated rings. The van der Waals surface area contributed by atoms with Crippen LogP contribution in [0.2, 0.25) is 0 Å². The molecule has 1 amide bonds. The fraction of sp³-hybridized carbons (Fsp3) is 0.381. The first-order chi connectivity index (χ1) is 13.7. The minimum Gasteiger partial charge on any atom is -0.370 e. The summed E-state index contributed by atoms with van der Waals surface area (Å²) in [5.74, 6) is -0.857. The lowest BCUT2D eigenvalue weighted by Crippen LogP contribution is -3.14. The van der Waals surface area contributed by atoms with Crippen molar-refractivity contribution in [2.75, 3.05) is 39.4 Å². The maximum absolute atomic E-state index is 13.0. The van der Waals surface area contributed by atoms with Gasteiger partial charge in [-0.15, -0.1) is 0 Å². The molecule has 3 rings (SSSR count). The second-order valence-corrected chi connectivity index (χ2v) is 6.84. The summed E-state index contributed by atoms with van der Waals surface area (Å²) in [6, 6.07) is 11.9. The Morgan fingerprint density at radius 2 is 1.79 bits per heavy atom. The Labute approximate surface area is 163 Å². The second kappa shape index (κ2) is 9.96. The maximum atomic E-state index is 13.0. The van der Waals surface area contributed by atoms with Gasteiger partial charge >= 0.3 is 0 Å². The fourth-order valence-corrected chi connectivity index (χ4v) is 3.34. The highest BCUT2D eigenvalue weighted by Crippen LogP contribution is 2.13. The highest BCUT2D eigenvalue weighted by Gasteiger charge is 2.29. The summed E-state index contributed by atoms with van der Waals surface area (Å²) in [4.78, 5) is 39.5. The van der Waals surface area contributed by atoms with Crippen molar-refractivity contribution < 1.29 is 19.2 Å². The van der Waals surface area contributed by atoms with Crippen molar-refractivity contribution in [1.82, 2.24) is 9.88 Å². The number of ketones is 1. The molecule has 2 heterocycles. The van der Waals surface area contributed by atoms with Gasteiger partial charge in [-0.05, 0) is 6.07 Å². The van der Waals surface area contributed by atoms with Crippen molar-refractivity contribution in [1.29, 1.82) is 0 Å². The Morgan fingerprint density at radius 3 is 2.50 bits per heavy atom. The molecule has 1 atom stereocenters. The molecule has 0 spiro atoms. The molecule has 0 unspecified atom stereocenters. The smallest absolute Gasteiger partial charge is 0.251 e. The molecule has 0 bridgehead atoms. The van der Waals surface area contributed by atoms with Gasteiger partial charge in [-0.3, -0.25) is 19.0 Å². The molecule has 1 aromatic carbocycles. The Morgan fingerprint density at radius 1 is 1.07 bits per heavy atom. The first kappa shape index (κ1) is 20.0. The number of benzene rings is 1. The van der Waals surface area contributed by atoms with Crippen LogP contribution in [0.1, 0.15) is 22.8 Å². The lowest BCUT2D eigenvalue weighted by molar-refractivity contribution is -0.908. The van der Waals surface area contributed by atoms with Crippen molar-refractivity contribution >= 4 is 11.7 Å². The summed E-state index contributed by atoms with van der Waals surface area (Å²) in [6.45, 7) is 4.89. The maximum Gasteiger partial charge on any atom is 0.251 e. The van der Waals surface area contributed by atoms with E-state index in [1.54, 1.807) is 42.5 Å². The Balaban J connectivity index is 1.68. The number of nitrogens with one attached hydrogen (secondary N) is 2. The van der Waals surface area contributed by atoms with E-state index in [2.05, 4.69) is 5.32 Å². The van der Waals surface area contributed by atoms with Crippen LogP contribution in [0.5, 0.6) is 0 Å². The largest absolute Gasteiger partial charge is 0.370 e. The van der Waals surface area contributed by atoms with Crippen molar-refractivity contribution in [3.05, 3.63) is 70.6 Å². The normalized spacial score (nSPS) is 15.7. The number of rotatable bonds is 8. The van der Waals surface area contributed by atoms with Gasteiger partial charge in [0.1, 0.15) is 13.1 Å². The van der Waals surface area contributed by atoms with Gasteiger partial charge in [0, 0.05) is 30.8 Å². The van der Waals surface area contributed by atoms with E-state index in [-0.39, 0.29) is 5.56 Å². The van der Waals surface area contributed by atoms with E-state index in [9.17, 15) is 14.4 Å². The third kappa shape index (κ3) is 5.15. The van der Waals surface area contributed by atoms with Crippen LogP contribution >= 0.6 is 0 Å². The topological polar surface area (TPSA) is 81.8 Å². The first-order valence-electron chi connectivity index (χ1n) is 9.62. The van der Waals surface area contributed by atoms with Gasteiger partial charge in [-0.2, -0.15) is 0 Å². The predicted molar refractivity (Wildman–Crippen MR) is 105 cm³/mol. The standard InChI is InChI=1S/C21H25N3O4/c25-18-9-4-5-12-24(18)19(20(26)17-7-2-1-3-8-17)21(27)22-10-6-11-23-13-15-28-16-14-23/h1-5,7-9,12,19H,6,10-11,13-16H2,(H,22,27)/p+1/t19-/m1/s1. The highest BCUT2D eigenvalue weighted by molar-refractivity contribution is 6.11. The number of carbonyl (C=O) groups excluding carboxylic acids is 2. The van der Waals surface area contributed by atoms with E-state index >= 15 is 0 Å². The molecule has 1 saturated heterocycles. The van der Waals surface area contributed by atoms with Crippen LogP contribution in [-0.2, 0) is 9.53 Å². The Bertz CT molecular complexity index is 844. The van der Waals surface area contributed by atoms with Gasteiger partial charge in [0.15, 0.2) is 11.8 Å². The van der Waals surface area contributed by atoms with E-state index in [1.165, 1.54) is 21.7 Å². The number of aromatic nitrogens is 1. The molecule has 0 saturated carbocycles. The molecule has 2 N–H and O–H groups in total. The van der Waals surface area contributed by atoms with Gasteiger partial charge in [-0.25, -0.2) is 0 Å². The number of morpholine rings is 1. The Kier molecular flexibility index (Phi) is 7.11. The number of Topliss-reactive ketones (excluding diaryl/α,β-unsaturated/α-hetero) is 1. The summed E-state index contributed by atoms with van der Waals surface area (Å²) in [5.41, 5.74) is 0.0147. The molecule has 7 nitrogen and oxygen atoms in total. The average Bonchev–Trinajstić information content (AvgIpc) is 2.74. The molecule has 148 valence electrons. The van der Waals surface area contributed by atoms with Crippen molar-refractivity contribution in [2.45, 2.75) is 12.5 Å². The number of quaternary nitrogens is 1. The number of pyridine rings is 1. The van der Waals surface area contributed by atoms with Crippen LogP contribution in [0.25, 0.3) is 0 Å². The monoisotopic (exact) mass is 384 g/mol. The number of hydrogen-bond acceptors (Lipinski definition) is 4. The lowest BCUT2D eigenvalue weighted by atomic mass is 10.0. The summed E-state index contributed by atoms with van der Waals surface area (Å²) in [6.07, 6.45) is 2.28. The van der Waals surface area contributed by atoms with Gasteiger partial charge in [0.2, 0.25) is 0 Å². The highest BCUT2D eigenvalue weighted by atomic mass is 16.5. The zero-order chi connectivity index (χ0) is 19.8. The van der Waals surface area contributed by atoms with Crippen LogP contribution in [0, 0.1) is 0 Å². The lowest BCUT2D eigenvalue weighted by Gasteiger charge is -2.24. The number of hydrogen-bond donors (Lipinski definition) is 2. The summed E-state index contributed by atoms with van der Waals surface area (Å²) >= 11 is 0. The van der Waals surface area contributed by atoms with Gasteiger partial charge in [-0.1, -0.05) is 36.4 Å². The molecule has 1 aliphatic rings. The molecule has 7 heteroatoms. The molecular formula is C21H26N3O4+. The van der Waals surface area contributed by atoms with E-state index in [0.717, 1.165) is 39.3 Å². The predicted octanol–water partition coefficient (Wildman–Crippen LogP) is -0.306. The van der Waals surface area contributed by atoms with Gasteiger partial charge in [0.05, 0.1) is 19.8 Å². The first-order valence-corrected chi connectivity index (χ1v) is 9.62. The van der Waals surface area contributed by atoms with Crippen LogP contribution in [0.3, 0.4) is 0 Å². The average molecular weight is 384 g/mol. The van der Waals surface area contributed by atoms with E-state index in [4.69, 9.17) is 4.74 Å². The van der Waals surface area contributed by atoms with Crippen molar-refractivity contribution in [3.63, 3.8) is 0 Å².